The van der Waals surface area contributed by atoms with Crippen LogP contribution >= 0.6 is 0 Å². The summed E-state index contributed by atoms with van der Waals surface area (Å²) >= 11 is 0. The third-order valence-corrected chi connectivity index (χ3v) is 4.61. The first-order chi connectivity index (χ1) is 13.1. The summed E-state index contributed by atoms with van der Waals surface area (Å²) in [5, 5.41) is 15.5. The van der Waals surface area contributed by atoms with Crippen LogP contribution in [0.25, 0.3) is 16.9 Å². The Labute approximate surface area is 154 Å². The van der Waals surface area contributed by atoms with Crippen LogP contribution in [-0.2, 0) is 4.74 Å². The van der Waals surface area contributed by atoms with Gasteiger partial charge < -0.3 is 9.64 Å². The largest absolute Gasteiger partial charge is 0.464 e. The molecule has 0 atom stereocenters. The van der Waals surface area contributed by atoms with E-state index in [9.17, 15) is 14.9 Å². The van der Waals surface area contributed by atoms with Crippen LogP contribution in [-0.4, -0.2) is 45.7 Å². The van der Waals surface area contributed by atoms with E-state index in [0.29, 0.717) is 11.3 Å². The van der Waals surface area contributed by atoms with Crippen molar-refractivity contribution in [2.24, 2.45) is 0 Å². The van der Waals surface area contributed by atoms with Crippen molar-refractivity contribution in [2.75, 3.05) is 25.1 Å². The third-order valence-electron chi connectivity index (χ3n) is 4.61. The van der Waals surface area contributed by atoms with E-state index in [1.54, 1.807) is 28.8 Å². The number of nitro benzene ring substituents is 1. The van der Waals surface area contributed by atoms with Gasteiger partial charge in [-0.3, -0.25) is 10.1 Å². The van der Waals surface area contributed by atoms with Gasteiger partial charge in [0.25, 0.3) is 5.69 Å². The van der Waals surface area contributed by atoms with Gasteiger partial charge in [0, 0.05) is 42.9 Å². The summed E-state index contributed by atoms with van der Waals surface area (Å²) in [5.74, 6) is 0.280. The van der Waals surface area contributed by atoms with Crippen molar-refractivity contribution in [3.05, 3.63) is 52.2 Å². The summed E-state index contributed by atoms with van der Waals surface area (Å²) in [6, 6.07) is 9.62. The van der Waals surface area contributed by atoms with Gasteiger partial charge in [-0.1, -0.05) is 0 Å². The monoisotopic (exact) mass is 367 g/mol. The molecule has 1 aliphatic heterocycles. The molecule has 4 rings (SSSR count). The summed E-state index contributed by atoms with van der Waals surface area (Å²) < 4.78 is 6.52. The lowest BCUT2D eigenvalue weighted by Crippen LogP contribution is -2.22. The molecule has 1 aliphatic rings. The summed E-state index contributed by atoms with van der Waals surface area (Å²) in [6.45, 7) is 1.76. The molecular weight excluding hydrogens is 350 g/mol. The average Bonchev–Trinajstić information content (AvgIpc) is 3.36. The predicted octanol–water partition coefficient (Wildman–Crippen LogP) is 2.69. The smallest absolute Gasteiger partial charge is 0.356 e. The number of non-ortho nitro benzene ring substituents is 1. The van der Waals surface area contributed by atoms with E-state index in [-0.39, 0.29) is 11.4 Å². The lowest BCUT2D eigenvalue weighted by atomic mass is 10.1. The molecular formula is C18H17N5O4. The van der Waals surface area contributed by atoms with Crippen molar-refractivity contribution < 1.29 is 14.5 Å². The zero-order chi connectivity index (χ0) is 19.0. The molecule has 9 nitrogen and oxygen atoms in total. The maximum Gasteiger partial charge on any atom is 0.356 e. The number of anilines is 1. The Hall–Kier alpha value is -3.49. The van der Waals surface area contributed by atoms with Gasteiger partial charge in [0.1, 0.15) is 5.82 Å². The molecule has 9 heteroatoms. The maximum atomic E-state index is 12.0. The van der Waals surface area contributed by atoms with Gasteiger partial charge in [0.15, 0.2) is 11.3 Å². The van der Waals surface area contributed by atoms with Crippen LogP contribution < -0.4 is 4.90 Å². The molecule has 138 valence electrons. The fraction of sp³-hybridized carbons (Fsp3) is 0.278. The van der Waals surface area contributed by atoms with E-state index in [1.807, 2.05) is 0 Å². The van der Waals surface area contributed by atoms with Gasteiger partial charge in [-0.05, 0) is 25.0 Å². The minimum Gasteiger partial charge on any atom is -0.464 e. The first-order valence-corrected chi connectivity index (χ1v) is 8.56. The highest BCUT2D eigenvalue weighted by atomic mass is 16.6. The van der Waals surface area contributed by atoms with E-state index in [4.69, 9.17) is 4.74 Å². The van der Waals surface area contributed by atoms with Crippen LogP contribution in [0.4, 0.5) is 11.5 Å². The van der Waals surface area contributed by atoms with E-state index in [2.05, 4.69) is 15.0 Å². The van der Waals surface area contributed by atoms with Gasteiger partial charge in [-0.15, -0.1) is 0 Å². The predicted molar refractivity (Wildman–Crippen MR) is 97.9 cm³/mol. The lowest BCUT2D eigenvalue weighted by Gasteiger charge is -2.18. The summed E-state index contributed by atoms with van der Waals surface area (Å²) in [7, 11) is 1.32. The Bertz CT molecular complexity index is 1020. The third kappa shape index (κ3) is 3.07. The van der Waals surface area contributed by atoms with Crippen LogP contribution in [0.5, 0.6) is 0 Å². The van der Waals surface area contributed by atoms with Crippen LogP contribution in [0.1, 0.15) is 23.3 Å². The quantitative estimate of drug-likeness (QED) is 0.397. The van der Waals surface area contributed by atoms with Crippen LogP contribution in [0.2, 0.25) is 0 Å². The van der Waals surface area contributed by atoms with Gasteiger partial charge in [-0.25, -0.2) is 9.78 Å². The Morgan fingerprint density at radius 1 is 1.19 bits per heavy atom. The van der Waals surface area contributed by atoms with Gasteiger partial charge in [-0.2, -0.15) is 9.61 Å². The van der Waals surface area contributed by atoms with Crippen LogP contribution in [0.15, 0.2) is 36.4 Å². The van der Waals surface area contributed by atoms with Crippen molar-refractivity contribution in [2.45, 2.75) is 12.8 Å². The molecule has 1 aromatic carbocycles. The minimum atomic E-state index is -0.504. The van der Waals surface area contributed by atoms with E-state index in [0.717, 1.165) is 37.3 Å². The fourth-order valence-corrected chi connectivity index (χ4v) is 3.23. The molecule has 3 heterocycles. The first-order valence-electron chi connectivity index (χ1n) is 8.56. The molecule has 3 aromatic rings. The number of fused-ring (bicyclic) bond motifs is 1. The number of carbonyl (C=O) groups is 1. The highest BCUT2D eigenvalue weighted by Crippen LogP contribution is 2.27. The molecule has 0 spiro atoms. The zero-order valence-corrected chi connectivity index (χ0v) is 14.7. The number of carbonyl (C=O) groups excluding carboxylic acids is 1. The number of methoxy groups -OCH3 is 1. The number of esters is 1. The Morgan fingerprint density at radius 2 is 1.89 bits per heavy atom. The normalized spacial score (nSPS) is 13.9. The number of nitro groups is 1. The molecule has 0 N–H and O–H groups in total. The van der Waals surface area contributed by atoms with Gasteiger partial charge in [0.2, 0.25) is 0 Å². The number of nitrogens with zero attached hydrogens (tertiary/aromatic N) is 5. The summed E-state index contributed by atoms with van der Waals surface area (Å²) in [5.41, 5.74) is 2.12. The highest BCUT2D eigenvalue weighted by molar-refractivity contribution is 5.89. The number of ether oxygens (including phenoxy) is 1. The zero-order valence-electron chi connectivity index (χ0n) is 14.7. The molecule has 0 aliphatic carbocycles. The fourth-order valence-electron chi connectivity index (χ4n) is 3.23. The van der Waals surface area contributed by atoms with Crippen LogP contribution in [0.3, 0.4) is 0 Å². The SMILES string of the molecule is COC(=O)c1cc(N2CCCC2)n2nc(-c3ccc([N+](=O)[O-])cc3)cc2n1. The van der Waals surface area contributed by atoms with Crippen molar-refractivity contribution >= 4 is 23.1 Å². The topological polar surface area (TPSA) is 103 Å². The molecule has 1 fully saturated rings. The average molecular weight is 367 g/mol. The van der Waals surface area contributed by atoms with Gasteiger partial charge in [0.05, 0.1) is 17.7 Å². The molecule has 0 amide bonds. The Morgan fingerprint density at radius 3 is 2.52 bits per heavy atom. The number of hydrogen-bond donors (Lipinski definition) is 0. The maximum absolute atomic E-state index is 12.0. The van der Waals surface area contributed by atoms with E-state index in [1.165, 1.54) is 19.2 Å². The number of aromatic nitrogens is 3. The van der Waals surface area contributed by atoms with Crippen LogP contribution in [0, 0.1) is 10.1 Å². The second-order valence-electron chi connectivity index (χ2n) is 6.29. The summed E-state index contributed by atoms with van der Waals surface area (Å²) in [4.78, 5) is 28.9. The van der Waals surface area contributed by atoms with Crippen molar-refractivity contribution in [3.8, 4) is 11.3 Å². The Balaban J connectivity index is 1.83. The number of benzene rings is 1. The first kappa shape index (κ1) is 17.0. The van der Waals surface area contributed by atoms with Gasteiger partial charge >= 0.3 is 5.97 Å². The number of hydrogen-bond acceptors (Lipinski definition) is 7. The number of rotatable bonds is 4. The highest BCUT2D eigenvalue weighted by Gasteiger charge is 2.21. The molecule has 1 saturated heterocycles. The standard InChI is InChI=1S/C18H17N5O4/c1-27-18(24)15-11-17(21-8-2-3-9-21)22-16(19-15)10-14(20-22)12-4-6-13(7-5-12)23(25)26/h4-7,10-11H,2-3,8-9H2,1H3. The Kier molecular flexibility index (Phi) is 4.19. The van der Waals surface area contributed by atoms with E-state index < -0.39 is 10.9 Å². The second-order valence-corrected chi connectivity index (χ2v) is 6.29. The van der Waals surface area contributed by atoms with Crippen molar-refractivity contribution in [3.63, 3.8) is 0 Å². The molecule has 0 unspecified atom stereocenters. The molecule has 0 saturated carbocycles. The molecule has 2 aromatic heterocycles. The van der Waals surface area contributed by atoms with E-state index >= 15 is 0 Å². The second kappa shape index (κ2) is 6.67. The molecule has 0 radical (unpaired) electrons. The minimum absolute atomic E-state index is 0.0198. The van der Waals surface area contributed by atoms with Crippen molar-refractivity contribution in [1.29, 1.82) is 0 Å². The van der Waals surface area contributed by atoms with Crippen molar-refractivity contribution in [1.82, 2.24) is 14.6 Å². The summed E-state index contributed by atoms with van der Waals surface area (Å²) in [6.07, 6.45) is 2.15. The molecule has 27 heavy (non-hydrogen) atoms. The molecule has 0 bridgehead atoms. The lowest BCUT2D eigenvalue weighted by molar-refractivity contribution is -0.384.